The number of likely N-dealkylation sites (tertiary alicyclic amines) is 1. The van der Waals surface area contributed by atoms with Gasteiger partial charge in [-0.1, -0.05) is 44.5 Å². The van der Waals surface area contributed by atoms with Crippen molar-refractivity contribution in [2.24, 2.45) is 5.41 Å². The number of piperidine rings is 1. The van der Waals surface area contributed by atoms with Crippen LogP contribution < -0.4 is 0 Å². The van der Waals surface area contributed by atoms with Gasteiger partial charge in [-0.2, -0.15) is 0 Å². The van der Waals surface area contributed by atoms with E-state index in [-0.39, 0.29) is 0 Å². The number of carboxylic acid groups (broad SMARTS) is 1. The summed E-state index contributed by atoms with van der Waals surface area (Å²) in [4.78, 5) is 14.0. The maximum Gasteiger partial charge on any atom is 0.309 e. The van der Waals surface area contributed by atoms with Gasteiger partial charge in [0.05, 0.1) is 5.41 Å². The van der Waals surface area contributed by atoms with Crippen molar-refractivity contribution in [1.29, 1.82) is 0 Å². The van der Waals surface area contributed by atoms with Crippen molar-refractivity contribution < 1.29 is 9.90 Å². The fraction of sp³-hybridized carbons (Fsp3) is 0.611. The van der Waals surface area contributed by atoms with E-state index < -0.39 is 11.4 Å². The van der Waals surface area contributed by atoms with Gasteiger partial charge in [0, 0.05) is 6.54 Å². The number of aliphatic carboxylic acids is 1. The van der Waals surface area contributed by atoms with Crippen LogP contribution in [-0.2, 0) is 17.8 Å². The summed E-state index contributed by atoms with van der Waals surface area (Å²) in [6.45, 7) is 6.96. The van der Waals surface area contributed by atoms with E-state index >= 15 is 0 Å². The molecule has 116 valence electrons. The third-order valence-corrected chi connectivity index (χ3v) is 4.83. The standard InChI is InChI=1S/C18H27NO2/c1-3-9-18(17(20)21)10-12-19(13-11-18)14-16-7-5-15(4-2)6-8-16/h5-8H,3-4,9-14H2,1-2H3,(H,20,21). The van der Waals surface area contributed by atoms with Crippen LogP contribution in [0.4, 0.5) is 0 Å². The molecule has 0 atom stereocenters. The fourth-order valence-corrected chi connectivity index (χ4v) is 3.33. The monoisotopic (exact) mass is 289 g/mol. The van der Waals surface area contributed by atoms with E-state index in [0.29, 0.717) is 0 Å². The smallest absolute Gasteiger partial charge is 0.309 e. The maximum atomic E-state index is 11.6. The molecule has 1 fully saturated rings. The van der Waals surface area contributed by atoms with Gasteiger partial charge in [-0.25, -0.2) is 0 Å². The lowest BCUT2D eigenvalue weighted by molar-refractivity contribution is -0.152. The van der Waals surface area contributed by atoms with Gasteiger partial charge >= 0.3 is 5.97 Å². The van der Waals surface area contributed by atoms with E-state index in [2.05, 4.69) is 43.0 Å². The molecule has 0 bridgehead atoms. The van der Waals surface area contributed by atoms with Crippen molar-refractivity contribution in [1.82, 2.24) is 4.90 Å². The minimum absolute atomic E-state index is 0.475. The Morgan fingerprint density at radius 2 is 1.71 bits per heavy atom. The fourth-order valence-electron chi connectivity index (χ4n) is 3.33. The van der Waals surface area contributed by atoms with Crippen LogP contribution in [0.3, 0.4) is 0 Å². The van der Waals surface area contributed by atoms with Crippen LogP contribution in [-0.4, -0.2) is 29.1 Å². The normalized spacial score (nSPS) is 18.6. The summed E-state index contributed by atoms with van der Waals surface area (Å²) >= 11 is 0. The molecule has 1 aromatic carbocycles. The Hall–Kier alpha value is -1.35. The largest absolute Gasteiger partial charge is 0.481 e. The van der Waals surface area contributed by atoms with Gasteiger partial charge in [-0.15, -0.1) is 0 Å². The minimum Gasteiger partial charge on any atom is -0.481 e. The average molecular weight is 289 g/mol. The van der Waals surface area contributed by atoms with Crippen molar-refractivity contribution in [3.8, 4) is 0 Å². The molecule has 0 amide bonds. The molecule has 1 saturated heterocycles. The molecular weight excluding hydrogens is 262 g/mol. The van der Waals surface area contributed by atoms with Crippen LogP contribution in [0.2, 0.25) is 0 Å². The zero-order valence-corrected chi connectivity index (χ0v) is 13.3. The van der Waals surface area contributed by atoms with Crippen LogP contribution in [0.25, 0.3) is 0 Å². The number of nitrogens with zero attached hydrogens (tertiary/aromatic N) is 1. The van der Waals surface area contributed by atoms with Crippen molar-refractivity contribution in [2.75, 3.05) is 13.1 Å². The molecule has 0 radical (unpaired) electrons. The van der Waals surface area contributed by atoms with E-state index in [0.717, 1.165) is 51.7 Å². The van der Waals surface area contributed by atoms with Gasteiger partial charge in [0.2, 0.25) is 0 Å². The Balaban J connectivity index is 1.92. The number of aryl methyl sites for hydroxylation is 1. The molecule has 0 aliphatic carbocycles. The van der Waals surface area contributed by atoms with Crippen LogP contribution in [0.1, 0.15) is 50.7 Å². The van der Waals surface area contributed by atoms with Gasteiger partial charge in [-0.05, 0) is 49.9 Å². The molecule has 0 unspecified atom stereocenters. The topological polar surface area (TPSA) is 40.5 Å². The van der Waals surface area contributed by atoms with Crippen LogP contribution in [0.15, 0.2) is 24.3 Å². The van der Waals surface area contributed by atoms with Crippen LogP contribution in [0, 0.1) is 5.41 Å². The highest BCUT2D eigenvalue weighted by atomic mass is 16.4. The second-order valence-corrected chi connectivity index (χ2v) is 6.28. The lowest BCUT2D eigenvalue weighted by atomic mass is 9.75. The molecule has 3 nitrogen and oxygen atoms in total. The Kier molecular flexibility index (Phi) is 5.40. The highest BCUT2D eigenvalue weighted by Gasteiger charge is 2.40. The molecule has 21 heavy (non-hydrogen) atoms. The van der Waals surface area contributed by atoms with E-state index in [1.54, 1.807) is 0 Å². The maximum absolute atomic E-state index is 11.6. The molecule has 3 heteroatoms. The number of hydrogen-bond donors (Lipinski definition) is 1. The summed E-state index contributed by atoms with van der Waals surface area (Å²) in [5.74, 6) is -0.601. The van der Waals surface area contributed by atoms with E-state index in [1.165, 1.54) is 11.1 Å². The second kappa shape index (κ2) is 7.08. The van der Waals surface area contributed by atoms with E-state index in [1.807, 2.05) is 0 Å². The molecule has 1 aliphatic heterocycles. The molecular formula is C18H27NO2. The van der Waals surface area contributed by atoms with Crippen molar-refractivity contribution >= 4 is 5.97 Å². The number of carboxylic acids is 1. The highest BCUT2D eigenvalue weighted by Crippen LogP contribution is 2.36. The zero-order chi connectivity index (χ0) is 15.3. The molecule has 0 spiro atoms. The third kappa shape index (κ3) is 3.85. The quantitative estimate of drug-likeness (QED) is 0.867. The van der Waals surface area contributed by atoms with E-state index in [9.17, 15) is 9.90 Å². The summed E-state index contributed by atoms with van der Waals surface area (Å²) in [5, 5.41) is 9.54. The first-order chi connectivity index (χ1) is 10.1. The predicted octanol–water partition coefficient (Wildman–Crippen LogP) is 3.72. The Bertz CT molecular complexity index is 459. The first-order valence-corrected chi connectivity index (χ1v) is 8.13. The molecule has 1 N–H and O–H groups in total. The number of hydrogen-bond acceptors (Lipinski definition) is 2. The number of rotatable bonds is 6. The Labute approximate surface area is 128 Å². The molecule has 1 aromatic rings. The molecule has 0 saturated carbocycles. The first-order valence-electron chi connectivity index (χ1n) is 8.13. The second-order valence-electron chi connectivity index (χ2n) is 6.28. The third-order valence-electron chi connectivity index (χ3n) is 4.83. The van der Waals surface area contributed by atoms with Gasteiger partial charge in [-0.3, -0.25) is 9.69 Å². The molecule has 1 aliphatic rings. The molecule has 0 aromatic heterocycles. The molecule has 2 rings (SSSR count). The number of benzene rings is 1. The Morgan fingerprint density at radius 1 is 1.14 bits per heavy atom. The summed E-state index contributed by atoms with van der Waals surface area (Å²) in [6, 6.07) is 8.78. The first kappa shape index (κ1) is 16.0. The summed E-state index contributed by atoms with van der Waals surface area (Å²) in [5.41, 5.74) is 2.22. The summed E-state index contributed by atoms with van der Waals surface area (Å²) in [7, 11) is 0. The van der Waals surface area contributed by atoms with Gasteiger partial charge in [0.25, 0.3) is 0 Å². The van der Waals surface area contributed by atoms with Gasteiger partial charge in [0.15, 0.2) is 0 Å². The van der Waals surface area contributed by atoms with Crippen LogP contribution >= 0.6 is 0 Å². The average Bonchev–Trinajstić information content (AvgIpc) is 2.50. The lowest BCUT2D eigenvalue weighted by Crippen LogP contribution is -2.44. The summed E-state index contributed by atoms with van der Waals surface area (Å²) in [6.07, 6.45) is 4.39. The Morgan fingerprint density at radius 3 is 2.19 bits per heavy atom. The minimum atomic E-state index is -0.601. The SMILES string of the molecule is CCCC1(C(=O)O)CCN(Cc2ccc(CC)cc2)CC1. The van der Waals surface area contributed by atoms with Crippen molar-refractivity contribution in [3.05, 3.63) is 35.4 Å². The van der Waals surface area contributed by atoms with Gasteiger partial charge < -0.3 is 5.11 Å². The van der Waals surface area contributed by atoms with Crippen molar-refractivity contribution in [2.45, 2.75) is 52.5 Å². The lowest BCUT2D eigenvalue weighted by Gasteiger charge is -2.38. The zero-order valence-electron chi connectivity index (χ0n) is 13.3. The van der Waals surface area contributed by atoms with E-state index in [4.69, 9.17) is 0 Å². The summed E-state index contributed by atoms with van der Waals surface area (Å²) < 4.78 is 0. The van der Waals surface area contributed by atoms with Crippen LogP contribution in [0.5, 0.6) is 0 Å². The molecule has 1 heterocycles. The van der Waals surface area contributed by atoms with Crippen molar-refractivity contribution in [3.63, 3.8) is 0 Å². The predicted molar refractivity (Wildman–Crippen MR) is 85.3 cm³/mol. The number of carbonyl (C=O) groups is 1. The van der Waals surface area contributed by atoms with Gasteiger partial charge in [0.1, 0.15) is 0 Å². The highest BCUT2D eigenvalue weighted by molar-refractivity contribution is 5.74.